The quantitative estimate of drug-likeness (QED) is 0.519. The molecule has 0 saturated carbocycles. The second-order valence-corrected chi connectivity index (χ2v) is 8.89. The van der Waals surface area contributed by atoms with Crippen LogP contribution in [0.1, 0.15) is 32.2 Å². The molecule has 0 fully saturated rings. The van der Waals surface area contributed by atoms with Crippen LogP contribution in [0.2, 0.25) is 0 Å². The molecular weight excluding hydrogens is 407 g/mol. The van der Waals surface area contributed by atoms with Gasteiger partial charge in [0.25, 0.3) is 0 Å². The summed E-state index contributed by atoms with van der Waals surface area (Å²) in [5, 5.41) is 0. The number of benzene rings is 2. The highest BCUT2D eigenvalue weighted by Gasteiger charge is 2.18. The molecule has 32 heavy (non-hydrogen) atoms. The van der Waals surface area contributed by atoms with E-state index in [1.165, 1.54) is 17.0 Å². The van der Waals surface area contributed by atoms with Crippen molar-refractivity contribution in [2.24, 2.45) is 0 Å². The van der Waals surface area contributed by atoms with Crippen LogP contribution in [0.25, 0.3) is 11.0 Å². The van der Waals surface area contributed by atoms with Gasteiger partial charge in [-0.3, -0.25) is 0 Å². The van der Waals surface area contributed by atoms with E-state index in [0.717, 1.165) is 22.4 Å². The number of hydrogen-bond acceptors (Lipinski definition) is 4. The fourth-order valence-corrected chi connectivity index (χ4v) is 3.27. The number of nitrogens with zero attached hydrogens (tertiary/aromatic N) is 4. The molecule has 3 aromatic rings. The number of fused-ring (bicyclic) bond motifs is 1. The molecule has 1 amide bonds. The van der Waals surface area contributed by atoms with Crippen LogP contribution < -0.4 is 0 Å². The molecule has 0 aliphatic heterocycles. The van der Waals surface area contributed by atoms with Gasteiger partial charge in [-0.2, -0.15) is 0 Å². The van der Waals surface area contributed by atoms with Gasteiger partial charge in [0.15, 0.2) is 0 Å². The van der Waals surface area contributed by atoms with Gasteiger partial charge in [-0.15, -0.1) is 0 Å². The van der Waals surface area contributed by atoms with Crippen molar-refractivity contribution in [3.05, 3.63) is 78.0 Å². The smallest absolute Gasteiger partial charge is 0.410 e. The minimum absolute atomic E-state index is 0.245. The Bertz CT molecular complexity index is 1080. The van der Waals surface area contributed by atoms with Crippen LogP contribution in [-0.4, -0.2) is 51.7 Å². The average molecular weight is 439 g/mol. The summed E-state index contributed by atoms with van der Waals surface area (Å²) in [7, 11) is 3.67. The van der Waals surface area contributed by atoms with Gasteiger partial charge < -0.3 is 19.1 Å². The van der Waals surface area contributed by atoms with Gasteiger partial charge in [-0.1, -0.05) is 24.3 Å². The molecule has 0 atom stereocenters. The largest absolute Gasteiger partial charge is 0.444 e. The van der Waals surface area contributed by atoms with E-state index >= 15 is 0 Å². The molecule has 1 aromatic heterocycles. The van der Waals surface area contributed by atoms with Gasteiger partial charge in [0.2, 0.25) is 0 Å². The molecule has 2 aromatic carbocycles. The highest BCUT2D eigenvalue weighted by Crippen LogP contribution is 2.19. The van der Waals surface area contributed by atoms with Crippen molar-refractivity contribution in [2.75, 3.05) is 20.6 Å². The van der Waals surface area contributed by atoms with Crippen LogP contribution in [0.4, 0.5) is 9.18 Å². The fourth-order valence-electron chi connectivity index (χ4n) is 3.27. The van der Waals surface area contributed by atoms with Gasteiger partial charge in [0.1, 0.15) is 17.2 Å². The van der Waals surface area contributed by atoms with Crippen molar-refractivity contribution < 1.29 is 13.9 Å². The highest BCUT2D eigenvalue weighted by atomic mass is 19.1. The molecule has 0 bridgehead atoms. The van der Waals surface area contributed by atoms with Crippen LogP contribution in [0, 0.1) is 5.82 Å². The summed E-state index contributed by atoms with van der Waals surface area (Å²) in [5.74, 6) is 0.661. The maximum Gasteiger partial charge on any atom is 0.410 e. The third-order valence-corrected chi connectivity index (χ3v) is 4.82. The van der Waals surface area contributed by atoms with E-state index in [0.29, 0.717) is 19.6 Å². The molecule has 0 saturated heterocycles. The molecule has 0 aliphatic carbocycles. The van der Waals surface area contributed by atoms with Crippen LogP contribution in [-0.2, 0) is 17.8 Å². The molecule has 0 unspecified atom stereocenters. The molecule has 0 aliphatic rings. The predicted molar refractivity (Wildman–Crippen MR) is 125 cm³/mol. The number of carbonyl (C=O) groups excluding carboxylic acids is 1. The number of carbonyl (C=O) groups is 1. The lowest BCUT2D eigenvalue weighted by Gasteiger charge is -2.24. The molecule has 0 radical (unpaired) electrons. The molecular formula is C25H31FN4O2. The molecule has 0 N–H and O–H groups in total. The van der Waals surface area contributed by atoms with Crippen LogP contribution in [0.5, 0.6) is 0 Å². The minimum Gasteiger partial charge on any atom is -0.444 e. The van der Waals surface area contributed by atoms with Crippen LogP contribution >= 0.6 is 0 Å². The van der Waals surface area contributed by atoms with Gasteiger partial charge in [-0.25, -0.2) is 14.2 Å². The SMILES string of the molecule is CN(C=CCN(C)C(=O)OC(C)(C)C)Cc1nc2ccccc2n1Cc1ccc(F)cc1. The van der Waals surface area contributed by atoms with E-state index in [1.54, 1.807) is 19.2 Å². The molecule has 0 spiro atoms. The van der Waals surface area contributed by atoms with Crippen LogP contribution in [0.3, 0.4) is 0 Å². The summed E-state index contributed by atoms with van der Waals surface area (Å²) in [4.78, 5) is 20.4. The van der Waals surface area contributed by atoms with E-state index in [-0.39, 0.29) is 11.9 Å². The summed E-state index contributed by atoms with van der Waals surface area (Å²) in [6, 6.07) is 14.5. The Labute approximate surface area is 188 Å². The maximum absolute atomic E-state index is 13.3. The van der Waals surface area contributed by atoms with E-state index < -0.39 is 5.60 Å². The number of hydrogen-bond donors (Lipinski definition) is 0. The predicted octanol–water partition coefficient (Wildman–Crippen LogP) is 5.04. The number of aromatic nitrogens is 2. The van der Waals surface area contributed by atoms with Crippen molar-refractivity contribution >= 4 is 17.1 Å². The Kier molecular flexibility index (Phi) is 7.18. The van der Waals surface area contributed by atoms with Crippen molar-refractivity contribution in [3.63, 3.8) is 0 Å². The average Bonchev–Trinajstić information content (AvgIpc) is 3.05. The topological polar surface area (TPSA) is 50.6 Å². The number of amides is 1. The molecule has 1 heterocycles. The van der Waals surface area contributed by atoms with Crippen molar-refractivity contribution in [3.8, 4) is 0 Å². The Morgan fingerprint density at radius 1 is 1.12 bits per heavy atom. The van der Waals surface area contributed by atoms with E-state index in [2.05, 4.69) is 4.57 Å². The first-order valence-corrected chi connectivity index (χ1v) is 10.6. The Balaban J connectivity index is 1.70. The Morgan fingerprint density at radius 2 is 1.81 bits per heavy atom. The Hall–Kier alpha value is -3.35. The van der Waals surface area contributed by atoms with Crippen molar-refractivity contribution in [1.82, 2.24) is 19.4 Å². The first kappa shape index (κ1) is 23.3. The number of rotatable bonds is 7. The number of ether oxygens (including phenoxy) is 1. The molecule has 3 rings (SSSR count). The number of para-hydroxylation sites is 2. The van der Waals surface area contributed by atoms with E-state index in [9.17, 15) is 9.18 Å². The lowest BCUT2D eigenvalue weighted by molar-refractivity contribution is 0.0317. The molecule has 170 valence electrons. The van der Waals surface area contributed by atoms with E-state index in [1.807, 2.05) is 69.3 Å². The summed E-state index contributed by atoms with van der Waals surface area (Å²) in [6.07, 6.45) is 3.49. The van der Waals surface area contributed by atoms with Gasteiger partial charge in [0.05, 0.1) is 17.6 Å². The fraction of sp³-hybridized carbons (Fsp3) is 0.360. The van der Waals surface area contributed by atoms with Gasteiger partial charge in [0, 0.05) is 27.2 Å². The van der Waals surface area contributed by atoms with Crippen molar-refractivity contribution in [2.45, 2.75) is 39.5 Å². The van der Waals surface area contributed by atoms with Crippen molar-refractivity contribution in [1.29, 1.82) is 0 Å². The second-order valence-electron chi connectivity index (χ2n) is 8.89. The lowest BCUT2D eigenvalue weighted by Crippen LogP contribution is -2.34. The normalized spacial score (nSPS) is 11.8. The number of imidazole rings is 1. The zero-order chi connectivity index (χ0) is 23.3. The molecule has 6 nitrogen and oxygen atoms in total. The Morgan fingerprint density at radius 3 is 2.50 bits per heavy atom. The third-order valence-electron chi connectivity index (χ3n) is 4.82. The molecule has 7 heteroatoms. The monoisotopic (exact) mass is 438 g/mol. The zero-order valence-corrected chi connectivity index (χ0v) is 19.4. The first-order valence-electron chi connectivity index (χ1n) is 10.6. The highest BCUT2D eigenvalue weighted by molar-refractivity contribution is 5.76. The second kappa shape index (κ2) is 9.85. The first-order chi connectivity index (χ1) is 15.1. The van der Waals surface area contributed by atoms with Gasteiger partial charge in [-0.05, 0) is 62.9 Å². The number of halogens is 1. The summed E-state index contributed by atoms with van der Waals surface area (Å²) in [5.41, 5.74) is 2.45. The zero-order valence-electron chi connectivity index (χ0n) is 19.4. The van der Waals surface area contributed by atoms with Crippen LogP contribution in [0.15, 0.2) is 60.8 Å². The maximum atomic E-state index is 13.3. The lowest BCUT2D eigenvalue weighted by atomic mass is 10.2. The van der Waals surface area contributed by atoms with Gasteiger partial charge >= 0.3 is 6.09 Å². The van der Waals surface area contributed by atoms with E-state index in [4.69, 9.17) is 9.72 Å². The summed E-state index contributed by atoms with van der Waals surface area (Å²) >= 11 is 0. The standard InChI is InChI=1S/C25H31FN4O2/c1-25(2,3)32-24(31)29(5)16-8-15-28(4)18-23-27-21-9-6-7-10-22(21)30(23)17-19-11-13-20(26)14-12-19/h6-15H,16-18H2,1-5H3. The summed E-state index contributed by atoms with van der Waals surface area (Å²) < 4.78 is 20.8. The third kappa shape index (κ3) is 6.33. The minimum atomic E-state index is -0.518. The number of likely N-dealkylation sites (N-methyl/N-ethyl adjacent to an activating group) is 1. The summed E-state index contributed by atoms with van der Waals surface area (Å²) in [6.45, 7) is 7.17.